The topological polar surface area (TPSA) is 74.9 Å². The van der Waals surface area contributed by atoms with Crippen molar-refractivity contribution in [2.24, 2.45) is 5.73 Å². The van der Waals surface area contributed by atoms with Crippen LogP contribution >= 0.6 is 0 Å². The lowest BCUT2D eigenvalue weighted by molar-refractivity contribution is 0.0373. The Morgan fingerprint density at radius 1 is 1.23 bits per heavy atom. The Labute approximate surface area is 156 Å². The molecule has 1 aromatic heterocycles. The van der Waals surface area contributed by atoms with Gasteiger partial charge in [-0.1, -0.05) is 0 Å². The number of hydrogen-bond acceptors (Lipinski definition) is 6. The van der Waals surface area contributed by atoms with E-state index in [1.54, 1.807) is 19.4 Å². The molecule has 7 nitrogen and oxygen atoms in total. The number of aromatic nitrogens is 1. The molecule has 2 fully saturated rings. The summed E-state index contributed by atoms with van der Waals surface area (Å²) in [5, 5.41) is 0. The van der Waals surface area contributed by atoms with E-state index in [0.29, 0.717) is 17.6 Å². The molecule has 2 aliphatic heterocycles. The second-order valence-electron chi connectivity index (χ2n) is 7.36. The first-order chi connectivity index (χ1) is 12.6. The summed E-state index contributed by atoms with van der Waals surface area (Å²) in [6.45, 7) is 9.60. The van der Waals surface area contributed by atoms with Crippen LogP contribution < -0.4 is 10.6 Å². The molecule has 144 valence electrons. The lowest BCUT2D eigenvalue weighted by atomic mass is 10.0. The van der Waals surface area contributed by atoms with Gasteiger partial charge in [0.1, 0.15) is 5.82 Å². The van der Waals surface area contributed by atoms with Gasteiger partial charge in [-0.05, 0) is 31.9 Å². The highest BCUT2D eigenvalue weighted by molar-refractivity contribution is 5.92. The van der Waals surface area contributed by atoms with Crippen molar-refractivity contribution in [3.8, 4) is 0 Å². The summed E-state index contributed by atoms with van der Waals surface area (Å²) in [6, 6.07) is 4.82. The van der Waals surface area contributed by atoms with Crippen LogP contribution in [0.3, 0.4) is 0 Å². The van der Waals surface area contributed by atoms with Crippen LogP contribution in [0.5, 0.6) is 0 Å². The number of carbonyl (C=O) groups is 1. The SMILES string of the molecule is COC[C@@H](C)N1CCN(C2CCN(c3ccc(C(N)=O)cn3)CC2)CC1. The number of hydrogen-bond donors (Lipinski definition) is 1. The first-order valence-electron chi connectivity index (χ1n) is 9.56. The number of piperazine rings is 1. The summed E-state index contributed by atoms with van der Waals surface area (Å²) >= 11 is 0. The molecule has 0 bridgehead atoms. The third-order valence-electron chi connectivity index (χ3n) is 5.72. The van der Waals surface area contributed by atoms with Gasteiger partial charge in [0.2, 0.25) is 5.91 Å². The minimum atomic E-state index is -0.429. The Morgan fingerprint density at radius 2 is 1.92 bits per heavy atom. The molecule has 1 amide bonds. The molecule has 3 heterocycles. The summed E-state index contributed by atoms with van der Waals surface area (Å²) in [4.78, 5) is 23.0. The number of carbonyl (C=O) groups excluding carboxylic acids is 1. The summed E-state index contributed by atoms with van der Waals surface area (Å²) in [6.07, 6.45) is 3.89. The number of anilines is 1. The van der Waals surface area contributed by atoms with Gasteiger partial charge < -0.3 is 15.4 Å². The average molecular weight is 361 g/mol. The van der Waals surface area contributed by atoms with E-state index in [1.165, 1.54) is 0 Å². The van der Waals surface area contributed by atoms with Crippen LogP contribution in [0.1, 0.15) is 30.1 Å². The second-order valence-corrected chi connectivity index (χ2v) is 7.36. The number of piperidine rings is 1. The van der Waals surface area contributed by atoms with E-state index < -0.39 is 5.91 Å². The van der Waals surface area contributed by atoms with Crippen LogP contribution in [0.25, 0.3) is 0 Å². The molecule has 7 heteroatoms. The number of pyridine rings is 1. The number of methoxy groups -OCH3 is 1. The molecule has 0 unspecified atom stereocenters. The van der Waals surface area contributed by atoms with E-state index in [0.717, 1.165) is 64.5 Å². The van der Waals surface area contributed by atoms with E-state index in [4.69, 9.17) is 10.5 Å². The van der Waals surface area contributed by atoms with Crippen LogP contribution in [0.2, 0.25) is 0 Å². The standard InChI is InChI=1S/C19H31N5O2/c1-15(14-26-2)22-9-11-23(12-10-22)17-5-7-24(8-6-17)18-4-3-16(13-21-18)19(20)25/h3-4,13,15,17H,5-12,14H2,1-2H3,(H2,20,25)/t15-/m1/s1. The number of ether oxygens (including phenoxy) is 1. The number of amides is 1. The quantitative estimate of drug-likeness (QED) is 0.808. The number of primary amides is 1. The summed E-state index contributed by atoms with van der Waals surface area (Å²) < 4.78 is 5.28. The highest BCUT2D eigenvalue weighted by Crippen LogP contribution is 2.22. The Hall–Kier alpha value is -1.70. The maximum Gasteiger partial charge on any atom is 0.250 e. The van der Waals surface area contributed by atoms with Gasteiger partial charge >= 0.3 is 0 Å². The van der Waals surface area contributed by atoms with Crippen LogP contribution in [0.15, 0.2) is 18.3 Å². The maximum atomic E-state index is 11.2. The molecular formula is C19H31N5O2. The lowest BCUT2D eigenvalue weighted by Gasteiger charge is -2.44. The van der Waals surface area contributed by atoms with Gasteiger partial charge in [-0.3, -0.25) is 14.6 Å². The monoisotopic (exact) mass is 361 g/mol. The molecule has 0 radical (unpaired) electrons. The van der Waals surface area contributed by atoms with E-state index in [1.807, 2.05) is 6.07 Å². The normalized spacial score (nSPS) is 21.7. The Kier molecular flexibility index (Phi) is 6.45. The van der Waals surface area contributed by atoms with Crippen molar-refractivity contribution in [2.75, 3.05) is 57.9 Å². The van der Waals surface area contributed by atoms with Crippen LogP contribution in [0.4, 0.5) is 5.82 Å². The zero-order valence-corrected chi connectivity index (χ0v) is 15.9. The summed E-state index contributed by atoms with van der Waals surface area (Å²) in [7, 11) is 1.77. The number of nitrogens with two attached hydrogens (primary N) is 1. The highest BCUT2D eigenvalue weighted by Gasteiger charge is 2.29. The molecule has 2 N–H and O–H groups in total. The van der Waals surface area contributed by atoms with Crippen molar-refractivity contribution in [3.05, 3.63) is 23.9 Å². The summed E-state index contributed by atoms with van der Waals surface area (Å²) in [5.41, 5.74) is 5.74. The van der Waals surface area contributed by atoms with Gasteiger partial charge in [-0.2, -0.15) is 0 Å². The highest BCUT2D eigenvalue weighted by atomic mass is 16.5. The predicted molar refractivity (Wildman–Crippen MR) is 102 cm³/mol. The van der Waals surface area contributed by atoms with Gasteiger partial charge in [-0.15, -0.1) is 0 Å². The molecule has 2 saturated heterocycles. The first-order valence-corrected chi connectivity index (χ1v) is 9.56. The van der Waals surface area contributed by atoms with Gasteiger partial charge in [0.15, 0.2) is 0 Å². The average Bonchev–Trinajstić information content (AvgIpc) is 2.68. The van der Waals surface area contributed by atoms with Crippen molar-refractivity contribution in [1.82, 2.24) is 14.8 Å². The van der Waals surface area contributed by atoms with Crippen LogP contribution in [0, 0.1) is 0 Å². The molecule has 3 rings (SSSR count). The van der Waals surface area contributed by atoms with Crippen molar-refractivity contribution in [1.29, 1.82) is 0 Å². The van der Waals surface area contributed by atoms with Crippen molar-refractivity contribution < 1.29 is 9.53 Å². The minimum Gasteiger partial charge on any atom is -0.383 e. The maximum absolute atomic E-state index is 11.2. The fourth-order valence-corrected chi connectivity index (χ4v) is 4.07. The van der Waals surface area contributed by atoms with Crippen molar-refractivity contribution in [3.63, 3.8) is 0 Å². The number of nitrogens with zero attached hydrogens (tertiary/aromatic N) is 4. The Balaban J connectivity index is 1.46. The smallest absolute Gasteiger partial charge is 0.250 e. The molecule has 0 aliphatic carbocycles. The van der Waals surface area contributed by atoms with Crippen molar-refractivity contribution in [2.45, 2.75) is 31.8 Å². The Bertz CT molecular complexity index is 578. The number of rotatable bonds is 6. The first kappa shape index (κ1) is 19.1. The van der Waals surface area contributed by atoms with Gasteiger partial charge in [-0.25, -0.2) is 4.98 Å². The third-order valence-corrected chi connectivity index (χ3v) is 5.72. The van der Waals surface area contributed by atoms with E-state index in [-0.39, 0.29) is 0 Å². The van der Waals surface area contributed by atoms with E-state index in [2.05, 4.69) is 26.6 Å². The molecule has 1 aromatic rings. The largest absolute Gasteiger partial charge is 0.383 e. The predicted octanol–water partition coefficient (Wildman–Crippen LogP) is 0.802. The van der Waals surface area contributed by atoms with E-state index >= 15 is 0 Å². The van der Waals surface area contributed by atoms with Crippen molar-refractivity contribution >= 4 is 11.7 Å². The van der Waals surface area contributed by atoms with E-state index in [9.17, 15) is 4.79 Å². The van der Waals surface area contributed by atoms with Gasteiger partial charge in [0.05, 0.1) is 12.2 Å². The molecule has 0 aromatic carbocycles. The summed E-state index contributed by atoms with van der Waals surface area (Å²) in [5.74, 6) is 0.508. The molecular weight excluding hydrogens is 330 g/mol. The minimum absolute atomic E-state index is 0.429. The van der Waals surface area contributed by atoms with Crippen LogP contribution in [-0.4, -0.2) is 85.8 Å². The fourth-order valence-electron chi connectivity index (χ4n) is 4.07. The Morgan fingerprint density at radius 3 is 2.46 bits per heavy atom. The van der Waals surface area contributed by atoms with Gasteiger partial charge in [0, 0.05) is 64.7 Å². The fraction of sp³-hybridized carbons (Fsp3) is 0.684. The molecule has 1 atom stereocenters. The molecule has 0 saturated carbocycles. The van der Waals surface area contributed by atoms with Crippen LogP contribution in [-0.2, 0) is 4.74 Å². The second kappa shape index (κ2) is 8.79. The zero-order chi connectivity index (χ0) is 18.5. The molecule has 0 spiro atoms. The zero-order valence-electron chi connectivity index (χ0n) is 15.9. The third kappa shape index (κ3) is 4.52. The molecule has 2 aliphatic rings. The molecule has 26 heavy (non-hydrogen) atoms. The lowest BCUT2D eigenvalue weighted by Crippen LogP contribution is -2.55. The van der Waals surface area contributed by atoms with Gasteiger partial charge in [0.25, 0.3) is 0 Å².